The number of hydrogen-bond donors (Lipinski definition) is 2. The first-order chi connectivity index (χ1) is 10.4. The molecule has 3 N–H and O–H groups in total. The Morgan fingerprint density at radius 3 is 2.18 bits per heavy atom. The minimum absolute atomic E-state index is 0.204. The fraction of sp³-hybridized carbons (Fsp3) is 0.0625. The van der Waals surface area contributed by atoms with Crippen molar-refractivity contribution in [1.29, 1.82) is 0 Å². The van der Waals surface area contributed by atoms with Crippen molar-refractivity contribution in [3.63, 3.8) is 0 Å². The molecule has 0 saturated carbocycles. The maximum absolute atomic E-state index is 12.2. The first kappa shape index (κ1) is 15.8. The number of carbonyl (C=O) groups excluding carboxylic acids is 1. The Morgan fingerprint density at radius 1 is 1.05 bits per heavy atom. The van der Waals surface area contributed by atoms with Gasteiger partial charge >= 0.3 is 0 Å². The van der Waals surface area contributed by atoms with E-state index >= 15 is 0 Å². The molecule has 0 atom stereocenters. The van der Waals surface area contributed by atoms with Crippen LogP contribution in [0.5, 0.6) is 0 Å². The summed E-state index contributed by atoms with van der Waals surface area (Å²) in [6.45, 7) is 1.89. The highest BCUT2D eigenvalue weighted by molar-refractivity contribution is 7.92. The number of nitrogens with two attached hydrogens (primary N) is 1. The lowest BCUT2D eigenvalue weighted by atomic mass is 10.2. The zero-order valence-corrected chi connectivity index (χ0v) is 12.8. The van der Waals surface area contributed by atoms with Crippen LogP contribution in [-0.4, -0.2) is 14.3 Å². The van der Waals surface area contributed by atoms with Gasteiger partial charge in [0.25, 0.3) is 10.0 Å². The van der Waals surface area contributed by atoms with Crippen LogP contribution in [0.15, 0.2) is 59.5 Å². The Labute approximate surface area is 129 Å². The van der Waals surface area contributed by atoms with Crippen LogP contribution in [0.4, 0.5) is 5.69 Å². The summed E-state index contributed by atoms with van der Waals surface area (Å²) in [5.41, 5.74) is 7.19. The van der Waals surface area contributed by atoms with Crippen LogP contribution >= 0.6 is 0 Å². The molecule has 2 aromatic carbocycles. The lowest BCUT2D eigenvalue weighted by Gasteiger charge is -2.08. The molecule has 0 bridgehead atoms. The number of carbonyl (C=O) groups is 1. The zero-order chi connectivity index (χ0) is 16.2. The van der Waals surface area contributed by atoms with E-state index in [4.69, 9.17) is 5.73 Å². The third-order valence-corrected chi connectivity index (χ3v) is 4.33. The standard InChI is InChI=1S/C16H16N2O3S/c1-12-2-9-15(10-3-12)22(20,21)18-14-7-4-13(5-8-14)6-11-16(17)19/h2-11,18H,1H3,(H2,17,19). The number of benzene rings is 2. The number of aryl methyl sites for hydroxylation is 1. The van der Waals surface area contributed by atoms with Gasteiger partial charge in [0.15, 0.2) is 0 Å². The summed E-state index contributed by atoms with van der Waals surface area (Å²) in [4.78, 5) is 10.9. The number of rotatable bonds is 5. The molecule has 0 fully saturated rings. The normalized spacial score (nSPS) is 11.5. The third-order valence-electron chi connectivity index (χ3n) is 2.93. The second-order valence-electron chi connectivity index (χ2n) is 4.78. The molecule has 0 aromatic heterocycles. The molecule has 2 aromatic rings. The van der Waals surface area contributed by atoms with Crippen molar-refractivity contribution in [3.05, 3.63) is 65.7 Å². The summed E-state index contributed by atoms with van der Waals surface area (Å²) in [6.07, 6.45) is 2.80. The summed E-state index contributed by atoms with van der Waals surface area (Å²) in [5.74, 6) is -0.538. The number of hydrogen-bond acceptors (Lipinski definition) is 3. The average Bonchev–Trinajstić information content (AvgIpc) is 2.46. The summed E-state index contributed by atoms with van der Waals surface area (Å²) >= 11 is 0. The Bertz CT molecular complexity index is 792. The quantitative estimate of drug-likeness (QED) is 0.829. The lowest BCUT2D eigenvalue weighted by Crippen LogP contribution is -2.12. The monoisotopic (exact) mass is 316 g/mol. The van der Waals surface area contributed by atoms with Crippen LogP contribution in [-0.2, 0) is 14.8 Å². The molecular weight excluding hydrogens is 300 g/mol. The first-order valence-corrected chi connectivity index (χ1v) is 8.02. The molecule has 6 heteroatoms. The van der Waals surface area contributed by atoms with E-state index in [1.54, 1.807) is 54.6 Å². The maximum atomic E-state index is 12.2. The number of anilines is 1. The summed E-state index contributed by atoms with van der Waals surface area (Å²) in [6, 6.07) is 13.2. The largest absolute Gasteiger partial charge is 0.366 e. The second-order valence-corrected chi connectivity index (χ2v) is 6.46. The van der Waals surface area contributed by atoms with E-state index in [1.807, 2.05) is 6.92 Å². The van der Waals surface area contributed by atoms with Gasteiger partial charge in [-0.3, -0.25) is 9.52 Å². The maximum Gasteiger partial charge on any atom is 0.261 e. The highest BCUT2D eigenvalue weighted by atomic mass is 32.2. The van der Waals surface area contributed by atoms with Gasteiger partial charge in [0.05, 0.1) is 4.90 Å². The molecular formula is C16H16N2O3S. The van der Waals surface area contributed by atoms with E-state index < -0.39 is 15.9 Å². The van der Waals surface area contributed by atoms with Gasteiger partial charge in [-0.05, 0) is 42.8 Å². The summed E-state index contributed by atoms with van der Waals surface area (Å²) in [7, 11) is -3.61. The van der Waals surface area contributed by atoms with Gasteiger partial charge in [0, 0.05) is 11.8 Å². The van der Waals surface area contributed by atoms with Crippen molar-refractivity contribution in [2.45, 2.75) is 11.8 Å². The van der Waals surface area contributed by atoms with Crippen molar-refractivity contribution in [2.75, 3.05) is 4.72 Å². The fourth-order valence-corrected chi connectivity index (χ4v) is 2.83. The van der Waals surface area contributed by atoms with E-state index in [9.17, 15) is 13.2 Å². The van der Waals surface area contributed by atoms with Crippen LogP contribution in [0.2, 0.25) is 0 Å². The smallest absolute Gasteiger partial charge is 0.261 e. The highest BCUT2D eigenvalue weighted by Gasteiger charge is 2.13. The van der Waals surface area contributed by atoms with Gasteiger partial charge in [-0.1, -0.05) is 29.8 Å². The molecule has 0 aliphatic rings. The van der Waals surface area contributed by atoms with Crippen LogP contribution in [0.1, 0.15) is 11.1 Å². The average molecular weight is 316 g/mol. The molecule has 0 heterocycles. The van der Waals surface area contributed by atoms with E-state index in [2.05, 4.69) is 4.72 Å². The van der Waals surface area contributed by atoms with E-state index in [1.165, 1.54) is 6.08 Å². The molecule has 0 unspecified atom stereocenters. The van der Waals surface area contributed by atoms with E-state index in [0.717, 1.165) is 11.1 Å². The Morgan fingerprint density at radius 2 is 1.64 bits per heavy atom. The van der Waals surface area contributed by atoms with Crippen LogP contribution in [0.3, 0.4) is 0 Å². The molecule has 0 aliphatic carbocycles. The Kier molecular flexibility index (Phi) is 4.62. The molecule has 114 valence electrons. The number of nitrogens with one attached hydrogen (secondary N) is 1. The van der Waals surface area contributed by atoms with Gasteiger partial charge < -0.3 is 5.73 Å². The molecule has 22 heavy (non-hydrogen) atoms. The molecule has 2 rings (SSSR count). The Balaban J connectivity index is 2.16. The molecule has 5 nitrogen and oxygen atoms in total. The number of primary amides is 1. The highest BCUT2D eigenvalue weighted by Crippen LogP contribution is 2.17. The predicted octanol–water partition coefficient (Wildman–Crippen LogP) is 2.29. The van der Waals surface area contributed by atoms with Gasteiger partial charge in [0.2, 0.25) is 5.91 Å². The zero-order valence-electron chi connectivity index (χ0n) is 12.0. The number of sulfonamides is 1. The molecule has 0 radical (unpaired) electrons. The van der Waals surface area contributed by atoms with Crippen molar-refractivity contribution >= 4 is 27.7 Å². The lowest BCUT2D eigenvalue weighted by molar-refractivity contribution is -0.113. The van der Waals surface area contributed by atoms with Gasteiger partial charge in [-0.2, -0.15) is 0 Å². The Hall–Kier alpha value is -2.60. The SMILES string of the molecule is Cc1ccc(S(=O)(=O)Nc2ccc(C=CC(N)=O)cc2)cc1. The van der Waals surface area contributed by atoms with Gasteiger partial charge in [-0.15, -0.1) is 0 Å². The topological polar surface area (TPSA) is 89.3 Å². The van der Waals surface area contributed by atoms with Crippen LogP contribution in [0.25, 0.3) is 6.08 Å². The van der Waals surface area contributed by atoms with E-state index in [-0.39, 0.29) is 4.90 Å². The fourth-order valence-electron chi connectivity index (χ4n) is 1.77. The number of amides is 1. The van der Waals surface area contributed by atoms with Crippen LogP contribution in [0, 0.1) is 6.92 Å². The van der Waals surface area contributed by atoms with Crippen molar-refractivity contribution in [1.82, 2.24) is 0 Å². The second kappa shape index (κ2) is 6.44. The molecule has 1 amide bonds. The van der Waals surface area contributed by atoms with Crippen molar-refractivity contribution < 1.29 is 13.2 Å². The first-order valence-electron chi connectivity index (χ1n) is 6.54. The minimum atomic E-state index is -3.61. The minimum Gasteiger partial charge on any atom is -0.366 e. The van der Waals surface area contributed by atoms with E-state index in [0.29, 0.717) is 5.69 Å². The van der Waals surface area contributed by atoms with Gasteiger partial charge in [-0.25, -0.2) is 8.42 Å². The predicted molar refractivity (Wildman–Crippen MR) is 86.7 cm³/mol. The van der Waals surface area contributed by atoms with Gasteiger partial charge in [0.1, 0.15) is 0 Å². The molecule has 0 aliphatic heterocycles. The summed E-state index contributed by atoms with van der Waals surface area (Å²) in [5, 5.41) is 0. The van der Waals surface area contributed by atoms with Crippen molar-refractivity contribution in [3.8, 4) is 0 Å². The summed E-state index contributed by atoms with van der Waals surface area (Å²) < 4.78 is 27.0. The third kappa shape index (κ3) is 4.20. The van der Waals surface area contributed by atoms with Crippen LogP contribution < -0.4 is 10.5 Å². The van der Waals surface area contributed by atoms with Crippen molar-refractivity contribution in [2.24, 2.45) is 5.73 Å². The molecule has 0 saturated heterocycles. The molecule has 0 spiro atoms.